The summed E-state index contributed by atoms with van der Waals surface area (Å²) in [7, 11) is 3.74. The fraction of sp³-hybridized carbons (Fsp3) is 0.500. The van der Waals surface area contributed by atoms with Crippen molar-refractivity contribution >= 4 is 34.2 Å². The fourth-order valence-electron chi connectivity index (χ4n) is 7.25. The highest BCUT2D eigenvalue weighted by atomic mass is 35.5. The summed E-state index contributed by atoms with van der Waals surface area (Å²) in [4.78, 5) is 33.5. The number of anilines is 1. The predicted molar refractivity (Wildman–Crippen MR) is 177 cm³/mol. The van der Waals surface area contributed by atoms with Crippen LogP contribution in [0.4, 0.5) is 27.8 Å². The number of nitriles is 1. The molecule has 16 heteroatoms. The van der Waals surface area contributed by atoms with Crippen molar-refractivity contribution < 1.29 is 31.5 Å². The molecule has 266 valence electrons. The lowest BCUT2D eigenvalue weighted by molar-refractivity contribution is -0.137. The summed E-state index contributed by atoms with van der Waals surface area (Å²) < 4.78 is 79.4. The first-order chi connectivity index (χ1) is 23.8. The van der Waals surface area contributed by atoms with Gasteiger partial charge in [0.2, 0.25) is 5.91 Å². The van der Waals surface area contributed by atoms with E-state index >= 15 is 4.39 Å². The van der Waals surface area contributed by atoms with Crippen LogP contribution in [0.2, 0.25) is 5.02 Å². The molecule has 3 fully saturated rings. The maximum atomic E-state index is 16.5. The van der Waals surface area contributed by atoms with Gasteiger partial charge < -0.3 is 19.4 Å². The second kappa shape index (κ2) is 14.2. The molecule has 3 aliphatic rings. The Morgan fingerprint density at radius 3 is 2.76 bits per heavy atom. The number of aromatic nitrogens is 3. The number of pyridine rings is 1. The van der Waals surface area contributed by atoms with Gasteiger partial charge >= 0.3 is 12.2 Å². The number of benzene rings is 1. The highest BCUT2D eigenvalue weighted by Gasteiger charge is 2.49. The molecule has 0 aliphatic carbocycles. The first-order valence-corrected chi connectivity index (χ1v) is 16.7. The number of hydrogen-bond donors (Lipinski definition) is 0. The Morgan fingerprint density at radius 1 is 1.22 bits per heavy atom. The summed E-state index contributed by atoms with van der Waals surface area (Å²) in [6.45, 7) is 2.16. The third kappa shape index (κ3) is 7.06. The average molecular weight is 719 g/mol. The maximum absolute atomic E-state index is 16.5. The molecule has 1 aromatic carbocycles. The van der Waals surface area contributed by atoms with E-state index in [1.807, 2.05) is 23.9 Å². The highest BCUT2D eigenvalue weighted by Crippen LogP contribution is 2.43. The lowest BCUT2D eigenvalue weighted by atomic mass is 9.95. The first-order valence-electron chi connectivity index (χ1n) is 16.3. The van der Waals surface area contributed by atoms with Crippen LogP contribution in [0.25, 0.3) is 22.2 Å². The smallest absolute Gasteiger partial charge is 0.418 e. The standard InChI is InChI=1S/C34H36ClF5N8O2/c1-45(2)12-4-8-26(49)48-15-14-46(19-22(48)9-11-41)31-24-17-42-29(23-6-3-7-25(35)27(23)34(38,39)40)28(37)30(24)43-32(44-31)50-20-33-10-5-13-47(33)18-21(36)16-33/h3-4,6-8,17,21-22H,5,9-10,12-16,18-20H2,1-2H3/b8-4+/t21-,22+,33+/m1/s1. The molecule has 2 aromatic heterocycles. The van der Waals surface area contributed by atoms with Crippen LogP contribution < -0.4 is 9.64 Å². The van der Waals surface area contributed by atoms with Crippen molar-refractivity contribution in [3.8, 4) is 23.3 Å². The van der Waals surface area contributed by atoms with Gasteiger partial charge in [-0.15, -0.1) is 0 Å². The van der Waals surface area contributed by atoms with Gasteiger partial charge in [0.15, 0.2) is 5.82 Å². The number of nitrogens with zero attached hydrogens (tertiary/aromatic N) is 8. The molecule has 0 unspecified atom stereocenters. The van der Waals surface area contributed by atoms with Crippen molar-refractivity contribution in [1.29, 1.82) is 5.26 Å². The van der Waals surface area contributed by atoms with Crippen LogP contribution in [0.1, 0.15) is 31.2 Å². The number of carbonyl (C=O) groups excluding carboxylic acids is 1. The van der Waals surface area contributed by atoms with Gasteiger partial charge in [-0.1, -0.05) is 29.8 Å². The molecule has 5 heterocycles. The Balaban J connectivity index is 1.41. The molecule has 0 radical (unpaired) electrons. The second-order valence-electron chi connectivity index (χ2n) is 13.2. The zero-order chi connectivity index (χ0) is 35.8. The van der Waals surface area contributed by atoms with E-state index in [0.29, 0.717) is 19.5 Å². The van der Waals surface area contributed by atoms with Crippen LogP contribution in [-0.2, 0) is 11.0 Å². The molecule has 0 N–H and O–H groups in total. The van der Waals surface area contributed by atoms with Gasteiger partial charge in [0, 0.05) is 57.0 Å². The third-order valence-corrected chi connectivity index (χ3v) is 9.86. The summed E-state index contributed by atoms with van der Waals surface area (Å²) in [6, 6.07) is 4.76. The van der Waals surface area contributed by atoms with Crippen LogP contribution in [0, 0.1) is 17.1 Å². The number of carbonyl (C=O) groups is 1. The van der Waals surface area contributed by atoms with Crippen molar-refractivity contribution in [3.05, 3.63) is 53.0 Å². The fourth-order valence-corrected chi connectivity index (χ4v) is 7.53. The van der Waals surface area contributed by atoms with E-state index in [2.05, 4.69) is 21.0 Å². The van der Waals surface area contributed by atoms with E-state index in [9.17, 15) is 27.6 Å². The summed E-state index contributed by atoms with van der Waals surface area (Å²) in [6.07, 6.45) is 0.301. The number of halogens is 6. The lowest BCUT2D eigenvalue weighted by Gasteiger charge is -2.41. The zero-order valence-electron chi connectivity index (χ0n) is 27.6. The predicted octanol–water partition coefficient (Wildman–Crippen LogP) is 5.51. The normalized spacial score (nSPS) is 22.9. The van der Waals surface area contributed by atoms with Gasteiger partial charge in [0.1, 0.15) is 29.8 Å². The molecule has 3 aliphatic heterocycles. The molecular formula is C34H36ClF5N8O2. The van der Waals surface area contributed by atoms with Crippen molar-refractivity contribution in [2.24, 2.45) is 0 Å². The Bertz CT molecular complexity index is 1840. The molecular weight excluding hydrogens is 683 g/mol. The monoisotopic (exact) mass is 718 g/mol. The van der Waals surface area contributed by atoms with E-state index < -0.39 is 51.6 Å². The number of ether oxygens (including phenoxy) is 1. The Hall–Kier alpha value is -4.13. The van der Waals surface area contributed by atoms with Gasteiger partial charge in [-0.05, 0) is 39.5 Å². The van der Waals surface area contributed by atoms with E-state index in [-0.39, 0.29) is 74.3 Å². The second-order valence-corrected chi connectivity index (χ2v) is 13.6. The van der Waals surface area contributed by atoms with Crippen molar-refractivity contribution in [2.45, 2.75) is 49.6 Å². The Morgan fingerprint density at radius 2 is 2.02 bits per heavy atom. The number of alkyl halides is 4. The zero-order valence-corrected chi connectivity index (χ0v) is 28.3. The Labute approximate surface area is 291 Å². The average Bonchev–Trinajstić information content (AvgIpc) is 3.58. The van der Waals surface area contributed by atoms with Crippen molar-refractivity contribution in [3.63, 3.8) is 0 Å². The van der Waals surface area contributed by atoms with Gasteiger partial charge in [-0.2, -0.15) is 28.4 Å². The van der Waals surface area contributed by atoms with E-state index in [1.54, 1.807) is 15.9 Å². The molecule has 0 bridgehead atoms. The summed E-state index contributed by atoms with van der Waals surface area (Å²) in [5, 5.41) is 9.11. The van der Waals surface area contributed by atoms with Crippen LogP contribution >= 0.6 is 11.6 Å². The highest BCUT2D eigenvalue weighted by molar-refractivity contribution is 6.31. The Kier molecular flexibility index (Phi) is 10.2. The number of hydrogen-bond acceptors (Lipinski definition) is 9. The van der Waals surface area contributed by atoms with Crippen molar-refractivity contribution in [2.75, 3.05) is 64.9 Å². The van der Waals surface area contributed by atoms with Gasteiger partial charge in [-0.3, -0.25) is 14.7 Å². The van der Waals surface area contributed by atoms with Crippen LogP contribution in [0.5, 0.6) is 6.01 Å². The van der Waals surface area contributed by atoms with E-state index in [1.165, 1.54) is 18.3 Å². The minimum Gasteiger partial charge on any atom is -0.461 e. The van der Waals surface area contributed by atoms with Gasteiger partial charge in [0.05, 0.1) is 40.0 Å². The lowest BCUT2D eigenvalue weighted by Crippen LogP contribution is -2.55. The molecule has 0 spiro atoms. The molecule has 3 saturated heterocycles. The quantitative estimate of drug-likeness (QED) is 0.210. The number of rotatable bonds is 9. The topological polar surface area (TPSA) is 102 Å². The molecule has 50 heavy (non-hydrogen) atoms. The van der Waals surface area contributed by atoms with Crippen LogP contribution in [-0.4, -0.2) is 113 Å². The molecule has 3 atom stereocenters. The molecule has 0 saturated carbocycles. The third-order valence-electron chi connectivity index (χ3n) is 9.55. The number of fused-ring (bicyclic) bond motifs is 2. The summed E-state index contributed by atoms with van der Waals surface area (Å²) >= 11 is 5.95. The summed E-state index contributed by atoms with van der Waals surface area (Å²) in [5.74, 6) is -1.22. The minimum absolute atomic E-state index is 0.00459. The van der Waals surface area contributed by atoms with Crippen LogP contribution in [0.15, 0.2) is 36.5 Å². The van der Waals surface area contributed by atoms with Gasteiger partial charge in [-0.25, -0.2) is 8.78 Å². The van der Waals surface area contributed by atoms with Crippen molar-refractivity contribution in [1.82, 2.24) is 29.7 Å². The molecule has 10 nitrogen and oxygen atoms in total. The number of piperazine rings is 1. The van der Waals surface area contributed by atoms with E-state index in [4.69, 9.17) is 16.3 Å². The molecule has 6 rings (SSSR count). The van der Waals surface area contributed by atoms with E-state index in [0.717, 1.165) is 18.6 Å². The van der Waals surface area contributed by atoms with Crippen LogP contribution in [0.3, 0.4) is 0 Å². The largest absolute Gasteiger partial charge is 0.461 e. The van der Waals surface area contributed by atoms with Gasteiger partial charge in [0.25, 0.3) is 0 Å². The molecule has 1 amide bonds. The number of likely N-dealkylation sites (N-methyl/N-ethyl adjacent to an activating group) is 1. The number of amides is 1. The minimum atomic E-state index is -4.90. The SMILES string of the molecule is CN(C)C/C=C/C(=O)N1CCN(c2nc(OC[C@@]34CCCN3C[C@H](F)C4)nc3c(F)c(-c4cccc(Cl)c4C(F)(F)F)ncc23)C[C@@H]1CC#N. The first kappa shape index (κ1) is 35.7. The summed E-state index contributed by atoms with van der Waals surface area (Å²) in [5.41, 5.74) is -3.31. The maximum Gasteiger partial charge on any atom is 0.418 e. The molecule has 3 aromatic rings.